The molecule has 3 heteroatoms. The molecule has 0 radical (unpaired) electrons. The zero-order valence-electron chi connectivity index (χ0n) is 7.26. The van der Waals surface area contributed by atoms with Gasteiger partial charge in [-0.2, -0.15) is 0 Å². The van der Waals surface area contributed by atoms with Gasteiger partial charge in [-0.3, -0.25) is 0 Å². The summed E-state index contributed by atoms with van der Waals surface area (Å²) in [5, 5.41) is 9.60. The van der Waals surface area contributed by atoms with E-state index in [1.54, 1.807) is 12.1 Å². The van der Waals surface area contributed by atoms with Crippen molar-refractivity contribution in [1.29, 1.82) is 0 Å². The van der Waals surface area contributed by atoms with Crippen LogP contribution in [0.15, 0.2) is 18.2 Å². The fourth-order valence-electron chi connectivity index (χ4n) is 1.40. The molecule has 0 amide bonds. The first kappa shape index (κ1) is 8.85. The topological polar surface area (TPSA) is 46.2 Å². The van der Waals surface area contributed by atoms with Gasteiger partial charge in [-0.1, -0.05) is 17.7 Å². The van der Waals surface area contributed by atoms with Gasteiger partial charge in [0, 0.05) is 5.54 Å². The Morgan fingerprint density at radius 3 is 2.69 bits per heavy atom. The SMILES string of the molecule is NC1(Cc2ccc(O)c(Cl)c2)CC1. The van der Waals surface area contributed by atoms with E-state index in [2.05, 4.69) is 0 Å². The highest BCUT2D eigenvalue weighted by Crippen LogP contribution is 2.36. The molecular formula is C10H12ClNO. The highest BCUT2D eigenvalue weighted by Gasteiger charge is 2.37. The first-order valence-corrected chi connectivity index (χ1v) is 4.73. The van der Waals surface area contributed by atoms with Gasteiger partial charge in [0.1, 0.15) is 5.75 Å². The van der Waals surface area contributed by atoms with Crippen LogP contribution in [-0.2, 0) is 6.42 Å². The molecule has 1 aliphatic carbocycles. The van der Waals surface area contributed by atoms with Crippen molar-refractivity contribution in [3.05, 3.63) is 28.8 Å². The van der Waals surface area contributed by atoms with Crippen molar-refractivity contribution in [2.45, 2.75) is 24.8 Å². The molecular weight excluding hydrogens is 186 g/mol. The summed E-state index contributed by atoms with van der Waals surface area (Å²) < 4.78 is 0. The van der Waals surface area contributed by atoms with Crippen molar-refractivity contribution in [2.24, 2.45) is 5.73 Å². The summed E-state index contributed by atoms with van der Waals surface area (Å²) in [5.74, 6) is 0.132. The van der Waals surface area contributed by atoms with E-state index in [1.807, 2.05) is 6.07 Å². The lowest BCUT2D eigenvalue weighted by molar-refractivity contribution is 0.475. The molecule has 13 heavy (non-hydrogen) atoms. The zero-order chi connectivity index (χ0) is 9.47. The highest BCUT2D eigenvalue weighted by molar-refractivity contribution is 6.32. The number of hydrogen-bond acceptors (Lipinski definition) is 2. The Bertz CT molecular complexity index is 334. The quantitative estimate of drug-likeness (QED) is 0.763. The molecule has 1 aliphatic rings. The first-order valence-electron chi connectivity index (χ1n) is 4.35. The first-order chi connectivity index (χ1) is 6.09. The number of aromatic hydroxyl groups is 1. The van der Waals surface area contributed by atoms with Crippen LogP contribution in [-0.4, -0.2) is 10.6 Å². The van der Waals surface area contributed by atoms with E-state index in [0.29, 0.717) is 5.02 Å². The van der Waals surface area contributed by atoms with Crippen LogP contribution in [0.2, 0.25) is 5.02 Å². The van der Waals surface area contributed by atoms with E-state index in [1.165, 1.54) is 0 Å². The average Bonchev–Trinajstić information content (AvgIpc) is 2.76. The normalized spacial score (nSPS) is 18.6. The van der Waals surface area contributed by atoms with E-state index < -0.39 is 0 Å². The van der Waals surface area contributed by atoms with Crippen LogP contribution in [0.25, 0.3) is 0 Å². The predicted molar refractivity (Wildman–Crippen MR) is 53.0 cm³/mol. The second kappa shape index (κ2) is 2.89. The Labute approximate surface area is 82.3 Å². The molecule has 70 valence electrons. The number of rotatable bonds is 2. The molecule has 0 aromatic heterocycles. The summed E-state index contributed by atoms with van der Waals surface area (Å²) in [6.07, 6.45) is 3.03. The summed E-state index contributed by atoms with van der Waals surface area (Å²) in [7, 11) is 0. The van der Waals surface area contributed by atoms with Crippen LogP contribution >= 0.6 is 11.6 Å². The third kappa shape index (κ3) is 1.95. The summed E-state index contributed by atoms with van der Waals surface area (Å²) in [5.41, 5.74) is 7.06. The average molecular weight is 198 g/mol. The summed E-state index contributed by atoms with van der Waals surface area (Å²) >= 11 is 5.77. The van der Waals surface area contributed by atoms with Gasteiger partial charge < -0.3 is 10.8 Å². The fourth-order valence-corrected chi connectivity index (χ4v) is 1.61. The van der Waals surface area contributed by atoms with Gasteiger partial charge in [-0.25, -0.2) is 0 Å². The largest absolute Gasteiger partial charge is 0.506 e. The molecule has 0 atom stereocenters. The molecule has 3 N–H and O–H groups in total. The van der Waals surface area contributed by atoms with Crippen molar-refractivity contribution >= 4 is 11.6 Å². The minimum atomic E-state index is 0.000299. The summed E-state index contributed by atoms with van der Waals surface area (Å²) in [6, 6.07) is 5.27. The minimum Gasteiger partial charge on any atom is -0.506 e. The van der Waals surface area contributed by atoms with Crippen LogP contribution in [0, 0.1) is 0 Å². The van der Waals surface area contributed by atoms with Gasteiger partial charge >= 0.3 is 0 Å². The van der Waals surface area contributed by atoms with Gasteiger partial charge in [-0.05, 0) is 37.0 Å². The molecule has 1 aromatic carbocycles. The molecule has 2 rings (SSSR count). The standard InChI is InChI=1S/C10H12ClNO/c11-8-5-7(1-2-9(8)13)6-10(12)3-4-10/h1-2,5,13H,3-4,6,12H2. The van der Waals surface area contributed by atoms with Gasteiger partial charge in [-0.15, -0.1) is 0 Å². The number of nitrogens with two attached hydrogens (primary N) is 1. The number of phenolic OH excluding ortho intramolecular Hbond substituents is 1. The lowest BCUT2D eigenvalue weighted by atomic mass is 10.1. The molecule has 0 heterocycles. The Balaban J connectivity index is 2.17. The minimum absolute atomic E-state index is 0.000299. The summed E-state index contributed by atoms with van der Waals surface area (Å²) in [6.45, 7) is 0. The smallest absolute Gasteiger partial charge is 0.134 e. The molecule has 0 bridgehead atoms. The molecule has 1 saturated carbocycles. The molecule has 1 fully saturated rings. The van der Waals surface area contributed by atoms with E-state index in [4.69, 9.17) is 17.3 Å². The lowest BCUT2D eigenvalue weighted by Gasteiger charge is -2.08. The Morgan fingerprint density at radius 2 is 2.15 bits per heavy atom. The van der Waals surface area contributed by atoms with Gasteiger partial charge in [0.05, 0.1) is 5.02 Å². The van der Waals surface area contributed by atoms with E-state index in [-0.39, 0.29) is 11.3 Å². The van der Waals surface area contributed by atoms with Crippen molar-refractivity contribution in [3.8, 4) is 5.75 Å². The summed E-state index contributed by atoms with van der Waals surface area (Å²) in [4.78, 5) is 0. The van der Waals surface area contributed by atoms with Crippen molar-refractivity contribution in [3.63, 3.8) is 0 Å². The third-order valence-corrected chi connectivity index (χ3v) is 2.76. The van der Waals surface area contributed by atoms with Crippen LogP contribution in [0.3, 0.4) is 0 Å². The number of benzene rings is 1. The second-order valence-electron chi connectivity index (χ2n) is 3.82. The molecule has 1 aromatic rings. The van der Waals surface area contributed by atoms with Gasteiger partial charge in [0.15, 0.2) is 0 Å². The molecule has 2 nitrogen and oxygen atoms in total. The molecule has 0 aliphatic heterocycles. The third-order valence-electron chi connectivity index (χ3n) is 2.46. The predicted octanol–water partition coefficient (Wildman–Crippen LogP) is 2.08. The number of hydrogen-bond donors (Lipinski definition) is 2. The highest BCUT2D eigenvalue weighted by atomic mass is 35.5. The van der Waals surface area contributed by atoms with E-state index in [0.717, 1.165) is 24.8 Å². The lowest BCUT2D eigenvalue weighted by Crippen LogP contribution is -2.24. The van der Waals surface area contributed by atoms with E-state index >= 15 is 0 Å². The Kier molecular flexibility index (Phi) is 1.97. The maximum Gasteiger partial charge on any atom is 0.134 e. The van der Waals surface area contributed by atoms with Crippen molar-refractivity contribution in [1.82, 2.24) is 0 Å². The number of phenols is 1. The number of halogens is 1. The molecule has 0 unspecified atom stereocenters. The van der Waals surface area contributed by atoms with Crippen LogP contribution in [0.1, 0.15) is 18.4 Å². The second-order valence-corrected chi connectivity index (χ2v) is 4.23. The monoisotopic (exact) mass is 197 g/mol. The van der Waals surface area contributed by atoms with Crippen LogP contribution in [0.4, 0.5) is 0 Å². The molecule has 0 spiro atoms. The zero-order valence-corrected chi connectivity index (χ0v) is 8.01. The van der Waals surface area contributed by atoms with Crippen molar-refractivity contribution in [2.75, 3.05) is 0 Å². The maximum absolute atomic E-state index is 9.19. The van der Waals surface area contributed by atoms with Crippen molar-refractivity contribution < 1.29 is 5.11 Å². The van der Waals surface area contributed by atoms with E-state index in [9.17, 15) is 5.11 Å². The maximum atomic E-state index is 9.19. The van der Waals surface area contributed by atoms with Crippen LogP contribution < -0.4 is 5.73 Å². The molecule has 0 saturated heterocycles. The fraction of sp³-hybridized carbons (Fsp3) is 0.400. The van der Waals surface area contributed by atoms with Gasteiger partial charge in [0.2, 0.25) is 0 Å². The Hall–Kier alpha value is -0.730. The van der Waals surface area contributed by atoms with Gasteiger partial charge in [0.25, 0.3) is 0 Å². The van der Waals surface area contributed by atoms with Crippen LogP contribution in [0.5, 0.6) is 5.75 Å². The Morgan fingerprint density at radius 1 is 1.46 bits per heavy atom.